The number of hydrogen-bond acceptors (Lipinski definition) is 5. The van der Waals surface area contributed by atoms with Crippen molar-refractivity contribution in [1.82, 2.24) is 20.1 Å². The number of aryl methyl sites for hydroxylation is 1. The summed E-state index contributed by atoms with van der Waals surface area (Å²) in [7, 11) is 1.65. The van der Waals surface area contributed by atoms with Gasteiger partial charge in [-0.05, 0) is 19.5 Å². The normalized spacial score (nSPS) is 10.6. The van der Waals surface area contributed by atoms with Gasteiger partial charge in [0.15, 0.2) is 17.3 Å². The van der Waals surface area contributed by atoms with Crippen LogP contribution in [0.5, 0.6) is 11.5 Å². The van der Waals surface area contributed by atoms with Gasteiger partial charge in [0, 0.05) is 18.7 Å². The van der Waals surface area contributed by atoms with Crippen molar-refractivity contribution in [2.75, 3.05) is 13.7 Å². The molecule has 0 aliphatic carbocycles. The molecule has 0 aliphatic rings. The number of hydrogen-bond donors (Lipinski definition) is 1. The summed E-state index contributed by atoms with van der Waals surface area (Å²) in [6, 6.07) is 5.90. The van der Waals surface area contributed by atoms with Crippen LogP contribution in [-0.2, 0) is 19.7 Å². The smallest absolute Gasteiger partial charge is 0.166 e. The fraction of sp³-hybridized carbons (Fsp3) is 0.467. The molecular formula is C15H22N4O2. The second kappa shape index (κ2) is 7.64. The lowest BCUT2D eigenvalue weighted by atomic mass is 10.2. The molecule has 0 amide bonds. The molecule has 0 fully saturated rings. The van der Waals surface area contributed by atoms with Gasteiger partial charge in [0.2, 0.25) is 0 Å². The minimum absolute atomic E-state index is 0.368. The Kier molecular flexibility index (Phi) is 5.57. The number of aromatic nitrogens is 3. The average Bonchev–Trinajstić information content (AvgIpc) is 2.98. The molecule has 1 heterocycles. The molecule has 0 atom stereocenters. The van der Waals surface area contributed by atoms with Crippen molar-refractivity contribution in [2.24, 2.45) is 0 Å². The molecule has 1 N–H and O–H groups in total. The summed E-state index contributed by atoms with van der Waals surface area (Å²) < 4.78 is 13.2. The van der Waals surface area contributed by atoms with Crippen LogP contribution in [0, 0.1) is 0 Å². The van der Waals surface area contributed by atoms with Gasteiger partial charge in [0.1, 0.15) is 12.9 Å². The largest absolute Gasteiger partial charge is 0.493 e. The van der Waals surface area contributed by atoms with Gasteiger partial charge in [-0.2, -0.15) is 5.10 Å². The number of nitrogens with zero attached hydrogens (tertiary/aromatic N) is 3. The van der Waals surface area contributed by atoms with Crippen molar-refractivity contribution < 1.29 is 9.47 Å². The van der Waals surface area contributed by atoms with E-state index in [9.17, 15) is 0 Å². The standard InChI is InChI=1S/C15H22N4O2/c1-4-16-9-12-7-6-8-13(20-3)15(12)21-10-14-17-11-18-19(14)5-2/h6-8,11,16H,4-5,9-10H2,1-3H3. The third-order valence-electron chi connectivity index (χ3n) is 3.19. The second-order valence-corrected chi connectivity index (χ2v) is 4.51. The summed E-state index contributed by atoms with van der Waals surface area (Å²) in [6.07, 6.45) is 1.55. The predicted octanol–water partition coefficient (Wildman–Crippen LogP) is 2.00. The first-order valence-electron chi connectivity index (χ1n) is 7.16. The number of benzene rings is 1. The maximum absolute atomic E-state index is 5.95. The van der Waals surface area contributed by atoms with E-state index in [-0.39, 0.29) is 0 Å². The SMILES string of the molecule is CCNCc1cccc(OC)c1OCc1ncnn1CC. The van der Waals surface area contributed by atoms with Gasteiger partial charge in [-0.25, -0.2) is 9.67 Å². The minimum Gasteiger partial charge on any atom is -0.493 e. The molecule has 0 radical (unpaired) electrons. The average molecular weight is 290 g/mol. The van der Waals surface area contributed by atoms with Crippen LogP contribution in [0.15, 0.2) is 24.5 Å². The van der Waals surface area contributed by atoms with Crippen molar-refractivity contribution in [3.63, 3.8) is 0 Å². The molecule has 1 aromatic heterocycles. The van der Waals surface area contributed by atoms with Crippen LogP contribution in [-0.4, -0.2) is 28.4 Å². The van der Waals surface area contributed by atoms with Crippen LogP contribution >= 0.6 is 0 Å². The zero-order chi connectivity index (χ0) is 15.1. The molecule has 2 aromatic rings. The highest BCUT2D eigenvalue weighted by molar-refractivity contribution is 5.46. The molecule has 0 aliphatic heterocycles. The van der Waals surface area contributed by atoms with E-state index < -0.39 is 0 Å². The first kappa shape index (κ1) is 15.3. The Morgan fingerprint density at radius 3 is 2.86 bits per heavy atom. The van der Waals surface area contributed by atoms with Gasteiger partial charge in [0.05, 0.1) is 7.11 Å². The highest BCUT2D eigenvalue weighted by Crippen LogP contribution is 2.31. The van der Waals surface area contributed by atoms with E-state index in [1.54, 1.807) is 13.4 Å². The third kappa shape index (κ3) is 3.72. The zero-order valence-electron chi connectivity index (χ0n) is 12.8. The molecule has 21 heavy (non-hydrogen) atoms. The molecule has 1 aromatic carbocycles. The third-order valence-corrected chi connectivity index (χ3v) is 3.19. The first-order valence-corrected chi connectivity index (χ1v) is 7.16. The maximum Gasteiger partial charge on any atom is 0.166 e. The first-order chi connectivity index (χ1) is 10.3. The highest BCUT2D eigenvalue weighted by atomic mass is 16.5. The van der Waals surface area contributed by atoms with Gasteiger partial charge >= 0.3 is 0 Å². The van der Waals surface area contributed by atoms with Gasteiger partial charge in [-0.1, -0.05) is 19.1 Å². The Morgan fingerprint density at radius 1 is 1.29 bits per heavy atom. The van der Waals surface area contributed by atoms with Crippen molar-refractivity contribution in [1.29, 1.82) is 0 Å². The van der Waals surface area contributed by atoms with Crippen LogP contribution in [0.4, 0.5) is 0 Å². The molecule has 114 valence electrons. The van der Waals surface area contributed by atoms with Gasteiger partial charge in [-0.3, -0.25) is 0 Å². The van der Waals surface area contributed by atoms with Gasteiger partial charge in [-0.15, -0.1) is 0 Å². The lowest BCUT2D eigenvalue weighted by Crippen LogP contribution is -2.14. The van der Waals surface area contributed by atoms with Crippen LogP contribution in [0.1, 0.15) is 25.2 Å². The van der Waals surface area contributed by atoms with Gasteiger partial charge < -0.3 is 14.8 Å². The van der Waals surface area contributed by atoms with Crippen LogP contribution < -0.4 is 14.8 Å². The molecule has 0 saturated carbocycles. The monoisotopic (exact) mass is 290 g/mol. The Labute approximate surface area is 125 Å². The van der Waals surface area contributed by atoms with E-state index in [0.29, 0.717) is 6.61 Å². The van der Waals surface area contributed by atoms with E-state index in [4.69, 9.17) is 9.47 Å². The maximum atomic E-state index is 5.95. The number of methoxy groups -OCH3 is 1. The molecule has 0 unspecified atom stereocenters. The number of para-hydroxylation sites is 1. The summed E-state index contributed by atoms with van der Waals surface area (Å²) in [5.41, 5.74) is 1.07. The van der Waals surface area contributed by atoms with E-state index in [1.807, 2.05) is 29.8 Å². The van der Waals surface area contributed by atoms with Crippen LogP contribution in [0.3, 0.4) is 0 Å². The van der Waals surface area contributed by atoms with E-state index >= 15 is 0 Å². The van der Waals surface area contributed by atoms with Crippen molar-refractivity contribution >= 4 is 0 Å². The molecular weight excluding hydrogens is 268 g/mol. The molecule has 0 spiro atoms. The summed E-state index contributed by atoms with van der Waals surface area (Å²) in [6.45, 7) is 6.88. The summed E-state index contributed by atoms with van der Waals surface area (Å²) in [5, 5.41) is 7.45. The molecule has 0 saturated heterocycles. The van der Waals surface area contributed by atoms with Crippen molar-refractivity contribution in [3.8, 4) is 11.5 Å². The lowest BCUT2D eigenvalue weighted by molar-refractivity contribution is 0.266. The number of ether oxygens (including phenoxy) is 2. The van der Waals surface area contributed by atoms with Gasteiger partial charge in [0.25, 0.3) is 0 Å². The minimum atomic E-state index is 0.368. The summed E-state index contributed by atoms with van der Waals surface area (Å²) in [4.78, 5) is 4.22. The van der Waals surface area contributed by atoms with E-state index in [1.165, 1.54) is 0 Å². The molecule has 2 rings (SSSR count). The number of rotatable bonds is 8. The lowest BCUT2D eigenvalue weighted by Gasteiger charge is -2.15. The Bertz CT molecular complexity index is 569. The topological polar surface area (TPSA) is 61.2 Å². The fourth-order valence-electron chi connectivity index (χ4n) is 2.09. The van der Waals surface area contributed by atoms with Crippen LogP contribution in [0.2, 0.25) is 0 Å². The molecule has 6 heteroatoms. The Balaban J connectivity index is 2.17. The number of nitrogens with one attached hydrogen (secondary N) is 1. The summed E-state index contributed by atoms with van der Waals surface area (Å²) >= 11 is 0. The fourth-order valence-corrected chi connectivity index (χ4v) is 2.09. The molecule has 0 bridgehead atoms. The Morgan fingerprint density at radius 2 is 2.14 bits per heavy atom. The van der Waals surface area contributed by atoms with Crippen molar-refractivity contribution in [3.05, 3.63) is 35.9 Å². The van der Waals surface area contributed by atoms with E-state index in [0.717, 1.165) is 42.5 Å². The van der Waals surface area contributed by atoms with Crippen molar-refractivity contribution in [2.45, 2.75) is 33.5 Å². The Hall–Kier alpha value is -2.08. The highest BCUT2D eigenvalue weighted by Gasteiger charge is 2.12. The zero-order valence-corrected chi connectivity index (χ0v) is 12.8. The van der Waals surface area contributed by atoms with Crippen LogP contribution in [0.25, 0.3) is 0 Å². The second-order valence-electron chi connectivity index (χ2n) is 4.51. The van der Waals surface area contributed by atoms with E-state index in [2.05, 4.69) is 22.3 Å². The molecule has 6 nitrogen and oxygen atoms in total. The summed E-state index contributed by atoms with van der Waals surface area (Å²) in [5.74, 6) is 2.29. The predicted molar refractivity (Wildman–Crippen MR) is 80.4 cm³/mol. The quantitative estimate of drug-likeness (QED) is 0.805.